The van der Waals surface area contributed by atoms with E-state index in [1.165, 1.54) is 82.0 Å². The Bertz CT molecular complexity index is 1610. The second-order valence-corrected chi connectivity index (χ2v) is 12.4. The second-order valence-electron chi connectivity index (χ2n) is 12.4. The van der Waals surface area contributed by atoms with Gasteiger partial charge in [0.15, 0.2) is 0 Å². The fourth-order valence-corrected chi connectivity index (χ4v) is 4.63. The van der Waals surface area contributed by atoms with Crippen molar-refractivity contribution in [2.24, 2.45) is 0 Å². The molecule has 0 bridgehead atoms. The summed E-state index contributed by atoms with van der Waals surface area (Å²) in [5.74, 6) is -40.2. The van der Waals surface area contributed by atoms with Gasteiger partial charge < -0.3 is 4.48 Å². The Morgan fingerprint density at radius 3 is 0.500 bits per heavy atom. The number of quaternary nitrogens is 1. The molecule has 1 nitrogen and oxygen atoms in total. The standard InChI is InChI=1S/C16H36N.4C6F5.Au/c1-5-9-13-17(14-10-6-2,15-11-7-3)16-12-8-4;4*7-2-1-3(8)5(10)6(11)4(2)9;/h5-16H2,1-4H3;;;;;/q+1;4*-1;+3. The van der Waals surface area contributed by atoms with Crippen molar-refractivity contribution in [2.45, 2.75) is 79.1 Å². The van der Waals surface area contributed by atoms with Crippen LogP contribution >= 0.6 is 0 Å². The van der Waals surface area contributed by atoms with Crippen LogP contribution in [0.3, 0.4) is 0 Å². The molecule has 4 rings (SSSR count). The third-order valence-electron chi connectivity index (χ3n) is 7.91. The number of halogens is 20. The number of benzene rings is 4. The molecule has 0 aliphatic carbocycles. The molecule has 0 spiro atoms. The minimum atomic E-state index is -2.17. The summed E-state index contributed by atoms with van der Waals surface area (Å²) < 4.78 is 241. The van der Waals surface area contributed by atoms with Crippen molar-refractivity contribution in [3.05, 3.63) is 141 Å². The molecule has 4 aromatic rings. The van der Waals surface area contributed by atoms with Crippen LogP contribution in [0.25, 0.3) is 0 Å². The fourth-order valence-electron chi connectivity index (χ4n) is 4.63. The van der Waals surface area contributed by atoms with Gasteiger partial charge in [-0.25, -0.2) is 52.7 Å². The first kappa shape index (κ1) is 60.3. The molecule has 4 aromatic carbocycles. The third kappa shape index (κ3) is 18.5. The molecule has 0 radical (unpaired) electrons. The second kappa shape index (κ2) is 29.5. The van der Waals surface area contributed by atoms with E-state index in [4.69, 9.17) is 0 Å². The van der Waals surface area contributed by atoms with Crippen molar-refractivity contribution in [3.63, 3.8) is 0 Å². The average Bonchev–Trinajstić information content (AvgIpc) is 3.23. The maximum Gasteiger partial charge on any atom is 3.00 e. The monoisotopic (exact) mass is 1110 g/mol. The van der Waals surface area contributed by atoms with E-state index in [0.29, 0.717) is 0 Å². The van der Waals surface area contributed by atoms with Crippen LogP contribution in [-0.4, -0.2) is 30.7 Å². The summed E-state index contributed by atoms with van der Waals surface area (Å²) in [6, 6.07) is 4.10. The normalized spacial score (nSPS) is 10.6. The van der Waals surface area contributed by atoms with Gasteiger partial charge in [-0.3, -0.25) is 35.1 Å². The number of rotatable bonds is 12. The summed E-state index contributed by atoms with van der Waals surface area (Å²) in [5.41, 5.74) is 0. The Labute approximate surface area is 359 Å². The Balaban J connectivity index is 0. The molecule has 62 heavy (non-hydrogen) atoms. The molecule has 22 heteroatoms. The molecule has 0 N–H and O–H groups in total. The molecular weight excluding hydrogens is 1070 g/mol. The molecule has 0 fully saturated rings. The molecule has 0 heterocycles. The molecule has 0 amide bonds. The van der Waals surface area contributed by atoms with Crippen molar-refractivity contribution >= 4 is 0 Å². The number of hydrogen-bond donors (Lipinski definition) is 0. The van der Waals surface area contributed by atoms with Gasteiger partial charge >= 0.3 is 22.4 Å². The zero-order chi connectivity index (χ0) is 47.4. The Morgan fingerprint density at radius 2 is 0.387 bits per heavy atom. The smallest absolute Gasteiger partial charge is 0.324 e. The van der Waals surface area contributed by atoms with Crippen molar-refractivity contribution < 1.29 is 115 Å². The van der Waals surface area contributed by atoms with Crippen molar-refractivity contribution in [3.8, 4) is 0 Å². The molecule has 0 aromatic heterocycles. The summed E-state index contributed by atoms with van der Waals surface area (Å²) in [6.45, 7) is 15.0. The van der Waals surface area contributed by atoms with Crippen molar-refractivity contribution in [2.75, 3.05) is 26.2 Å². The Kier molecular flexibility index (Phi) is 28.7. The Hall–Kier alpha value is -3.82. The molecule has 0 atom stereocenters. The van der Waals surface area contributed by atoms with Gasteiger partial charge in [0.1, 0.15) is 0 Å². The first-order valence-electron chi connectivity index (χ1n) is 17.9. The summed E-state index contributed by atoms with van der Waals surface area (Å²) in [4.78, 5) is 0. The van der Waals surface area contributed by atoms with E-state index in [1.54, 1.807) is 0 Å². The quantitative estimate of drug-likeness (QED) is 0.0331. The molecule has 0 aliphatic heterocycles. The van der Waals surface area contributed by atoms with Gasteiger partial charge in [0, 0.05) is 0 Å². The molecule has 352 valence electrons. The van der Waals surface area contributed by atoms with Gasteiger partial charge in [-0.05, 0) is 25.7 Å². The van der Waals surface area contributed by atoms with Gasteiger partial charge in [-0.1, -0.05) is 53.4 Å². The van der Waals surface area contributed by atoms with Crippen LogP contribution in [-0.2, 0) is 22.4 Å². The van der Waals surface area contributed by atoms with Crippen molar-refractivity contribution in [1.29, 1.82) is 0 Å². The number of unbranched alkanes of at least 4 members (excludes halogenated alkanes) is 4. The van der Waals surface area contributed by atoms with Gasteiger partial charge in [0.05, 0.1) is 143 Å². The van der Waals surface area contributed by atoms with Crippen LogP contribution in [0.2, 0.25) is 0 Å². The zero-order valence-corrected chi connectivity index (χ0v) is 35.0. The van der Waals surface area contributed by atoms with E-state index in [0.717, 1.165) is 24.3 Å². The van der Waals surface area contributed by atoms with Gasteiger partial charge in [0.2, 0.25) is 0 Å². The van der Waals surface area contributed by atoms with Gasteiger partial charge in [0.25, 0.3) is 0 Å². The van der Waals surface area contributed by atoms with E-state index < -0.39 is 116 Å². The summed E-state index contributed by atoms with van der Waals surface area (Å²) in [7, 11) is 0. The summed E-state index contributed by atoms with van der Waals surface area (Å²) in [6.07, 6.45) is 11.1. The first-order chi connectivity index (χ1) is 28.4. The van der Waals surface area contributed by atoms with Crippen LogP contribution in [0.1, 0.15) is 79.1 Å². The van der Waals surface area contributed by atoms with Gasteiger partial charge in [-0.2, -0.15) is 0 Å². The molecular formula is C40H36AuF20N. The topological polar surface area (TPSA) is 0 Å². The van der Waals surface area contributed by atoms with E-state index in [-0.39, 0.29) is 22.4 Å². The Morgan fingerprint density at radius 1 is 0.258 bits per heavy atom. The predicted octanol–water partition coefficient (Wildman–Crippen LogP) is 13.7. The third-order valence-corrected chi connectivity index (χ3v) is 7.91. The van der Waals surface area contributed by atoms with Crippen LogP contribution in [0.4, 0.5) is 87.8 Å². The summed E-state index contributed by atoms with van der Waals surface area (Å²) in [5, 5.41) is 0. The molecule has 0 saturated carbocycles. The SMILES string of the molecule is CCCC[N+](CCCC)(CCCC)CCCC.Fc1[c-]c(F)c(F)c(F)c1F.Fc1[c-]c(F)c(F)c(F)c1F.Fc1[c-]c(F)c(F)c(F)c1F.Fc1[c-]c(F)c(F)c(F)c1F.[Au+3]. The predicted molar refractivity (Wildman–Crippen MR) is 180 cm³/mol. The van der Waals surface area contributed by atoms with Crippen molar-refractivity contribution in [1.82, 2.24) is 0 Å². The number of nitrogens with zero attached hydrogens (tertiary/aromatic N) is 1. The maximum absolute atomic E-state index is 12.0. The van der Waals surface area contributed by atoms with E-state index in [1.807, 2.05) is 0 Å². The molecule has 0 aliphatic rings. The first-order valence-corrected chi connectivity index (χ1v) is 17.9. The number of hydrogen-bond acceptors (Lipinski definition) is 0. The molecule has 0 unspecified atom stereocenters. The van der Waals surface area contributed by atoms with Crippen LogP contribution in [0.15, 0.2) is 0 Å². The van der Waals surface area contributed by atoms with Crippen LogP contribution < -0.4 is 0 Å². The fraction of sp³-hybridized carbons (Fsp3) is 0.400. The van der Waals surface area contributed by atoms with E-state index in [9.17, 15) is 87.8 Å². The van der Waals surface area contributed by atoms with E-state index >= 15 is 0 Å². The van der Waals surface area contributed by atoms with Crippen LogP contribution in [0, 0.1) is 141 Å². The van der Waals surface area contributed by atoms with E-state index in [2.05, 4.69) is 27.7 Å². The zero-order valence-electron chi connectivity index (χ0n) is 32.8. The molecule has 0 saturated heterocycles. The van der Waals surface area contributed by atoms with Gasteiger partial charge in [-0.15, -0.1) is 24.3 Å². The summed E-state index contributed by atoms with van der Waals surface area (Å²) >= 11 is 0. The maximum atomic E-state index is 12.0. The minimum absolute atomic E-state index is 0. The van der Waals surface area contributed by atoms with Crippen LogP contribution in [0.5, 0.6) is 0 Å². The minimum Gasteiger partial charge on any atom is -0.324 e. The largest absolute Gasteiger partial charge is 3.00 e. The average molecular weight is 1110 g/mol.